The minimum atomic E-state index is -0.347. The lowest BCUT2D eigenvalue weighted by atomic mass is 9.94. The zero-order chi connectivity index (χ0) is 18.8. The van der Waals surface area contributed by atoms with E-state index in [0.29, 0.717) is 23.1 Å². The summed E-state index contributed by atoms with van der Waals surface area (Å²) in [7, 11) is 0. The van der Waals surface area contributed by atoms with Crippen LogP contribution in [0.4, 0.5) is 0 Å². The van der Waals surface area contributed by atoms with Gasteiger partial charge >= 0.3 is 0 Å². The molecule has 1 N–H and O–H groups in total. The Bertz CT molecular complexity index is 993. The second-order valence-electron chi connectivity index (χ2n) is 6.48. The third-order valence-corrected chi connectivity index (χ3v) is 4.75. The Kier molecular flexibility index (Phi) is 4.42. The second kappa shape index (κ2) is 7.03. The molecule has 5 nitrogen and oxygen atoms in total. The Hall–Kier alpha value is -3.47. The van der Waals surface area contributed by atoms with Crippen molar-refractivity contribution in [1.82, 2.24) is 10.2 Å². The molecule has 3 aromatic carbocycles. The Morgan fingerprint density at radius 2 is 1.44 bits per heavy atom. The third kappa shape index (κ3) is 3.19. The third-order valence-electron chi connectivity index (χ3n) is 4.75. The predicted molar refractivity (Wildman–Crippen MR) is 102 cm³/mol. The van der Waals surface area contributed by atoms with Crippen molar-refractivity contribution in [3.8, 4) is 0 Å². The molecular formula is C22H18N2O3. The SMILES string of the molecule is O=C(CCN1C(=O)c2cccc3cccc(c23)C1=O)NCc1ccccc1. The highest BCUT2D eigenvalue weighted by molar-refractivity contribution is 6.25. The highest BCUT2D eigenvalue weighted by Gasteiger charge is 2.32. The zero-order valence-corrected chi connectivity index (χ0v) is 14.6. The number of hydrogen-bond donors (Lipinski definition) is 1. The van der Waals surface area contributed by atoms with E-state index in [1.807, 2.05) is 42.5 Å². The summed E-state index contributed by atoms with van der Waals surface area (Å²) in [6.45, 7) is 0.479. The van der Waals surface area contributed by atoms with Gasteiger partial charge in [-0.2, -0.15) is 0 Å². The highest BCUT2D eigenvalue weighted by atomic mass is 16.2. The molecule has 5 heteroatoms. The van der Waals surface area contributed by atoms with E-state index in [1.54, 1.807) is 24.3 Å². The fourth-order valence-electron chi connectivity index (χ4n) is 3.38. The minimum absolute atomic E-state index is 0.0585. The number of hydrogen-bond acceptors (Lipinski definition) is 3. The molecule has 0 atom stereocenters. The van der Waals surface area contributed by atoms with Crippen molar-refractivity contribution in [2.75, 3.05) is 6.54 Å². The van der Waals surface area contributed by atoms with E-state index < -0.39 is 0 Å². The van der Waals surface area contributed by atoms with Crippen LogP contribution in [-0.4, -0.2) is 29.2 Å². The average Bonchev–Trinajstić information content (AvgIpc) is 2.71. The smallest absolute Gasteiger partial charge is 0.261 e. The van der Waals surface area contributed by atoms with E-state index >= 15 is 0 Å². The first-order valence-corrected chi connectivity index (χ1v) is 8.84. The molecule has 0 aliphatic carbocycles. The Morgan fingerprint density at radius 3 is 2.07 bits per heavy atom. The summed E-state index contributed by atoms with van der Waals surface area (Å²) in [5.74, 6) is -0.892. The number of benzene rings is 3. The van der Waals surface area contributed by atoms with Gasteiger partial charge in [-0.3, -0.25) is 19.3 Å². The standard InChI is InChI=1S/C22H18N2O3/c25-19(23-14-15-6-2-1-3-7-15)12-13-24-21(26)17-10-4-8-16-9-5-11-18(20(16)17)22(24)27/h1-11H,12-14H2,(H,23,25). The van der Waals surface area contributed by atoms with E-state index in [4.69, 9.17) is 0 Å². The maximum Gasteiger partial charge on any atom is 0.261 e. The van der Waals surface area contributed by atoms with Gasteiger partial charge in [0.2, 0.25) is 5.91 Å². The van der Waals surface area contributed by atoms with Crippen LogP contribution in [0, 0.1) is 0 Å². The molecule has 1 aliphatic rings. The highest BCUT2D eigenvalue weighted by Crippen LogP contribution is 2.29. The van der Waals surface area contributed by atoms with Crippen molar-refractivity contribution in [3.63, 3.8) is 0 Å². The minimum Gasteiger partial charge on any atom is -0.352 e. The molecule has 4 rings (SSSR count). The van der Waals surface area contributed by atoms with Gasteiger partial charge in [-0.05, 0) is 23.1 Å². The summed E-state index contributed by atoms with van der Waals surface area (Å²) >= 11 is 0. The van der Waals surface area contributed by atoms with Crippen LogP contribution >= 0.6 is 0 Å². The second-order valence-corrected chi connectivity index (χ2v) is 6.48. The summed E-state index contributed by atoms with van der Waals surface area (Å²) in [5, 5.41) is 4.38. The van der Waals surface area contributed by atoms with Gasteiger partial charge in [0.1, 0.15) is 0 Å². The van der Waals surface area contributed by atoms with Crippen molar-refractivity contribution in [2.24, 2.45) is 0 Å². The van der Waals surface area contributed by atoms with Gasteiger partial charge in [-0.15, -0.1) is 0 Å². The molecule has 0 spiro atoms. The van der Waals surface area contributed by atoms with Crippen molar-refractivity contribution < 1.29 is 14.4 Å². The largest absolute Gasteiger partial charge is 0.352 e. The summed E-state index contributed by atoms with van der Waals surface area (Å²) in [6.07, 6.45) is 0.0719. The number of rotatable bonds is 5. The molecule has 0 bridgehead atoms. The molecule has 0 saturated carbocycles. The lowest BCUT2D eigenvalue weighted by molar-refractivity contribution is -0.121. The first-order chi connectivity index (χ1) is 13.1. The lowest BCUT2D eigenvalue weighted by Gasteiger charge is -2.27. The summed E-state index contributed by atoms with van der Waals surface area (Å²) in [6, 6.07) is 20.4. The monoisotopic (exact) mass is 358 g/mol. The molecule has 1 heterocycles. The van der Waals surface area contributed by atoms with Crippen LogP contribution in [0.2, 0.25) is 0 Å². The molecule has 0 saturated heterocycles. The fraction of sp³-hybridized carbons (Fsp3) is 0.136. The molecule has 27 heavy (non-hydrogen) atoms. The van der Waals surface area contributed by atoms with Crippen molar-refractivity contribution >= 4 is 28.5 Å². The van der Waals surface area contributed by atoms with E-state index in [1.165, 1.54) is 4.90 Å². The van der Waals surface area contributed by atoms with Gasteiger partial charge in [0.15, 0.2) is 0 Å². The molecule has 0 aromatic heterocycles. The maximum atomic E-state index is 12.8. The first-order valence-electron chi connectivity index (χ1n) is 8.84. The topological polar surface area (TPSA) is 66.5 Å². The van der Waals surface area contributed by atoms with Crippen molar-refractivity contribution in [1.29, 1.82) is 0 Å². The Labute approximate surface area is 156 Å². The molecule has 0 radical (unpaired) electrons. The molecule has 1 aliphatic heterocycles. The van der Waals surface area contributed by atoms with E-state index in [2.05, 4.69) is 5.32 Å². The van der Waals surface area contributed by atoms with Gasteiger partial charge in [-0.1, -0.05) is 54.6 Å². The van der Waals surface area contributed by atoms with E-state index in [0.717, 1.165) is 10.9 Å². The summed E-state index contributed by atoms with van der Waals surface area (Å²) in [4.78, 5) is 38.9. The Morgan fingerprint density at radius 1 is 0.815 bits per heavy atom. The molecule has 3 amide bonds. The fourth-order valence-corrected chi connectivity index (χ4v) is 3.38. The van der Waals surface area contributed by atoms with E-state index in [-0.39, 0.29) is 30.7 Å². The number of nitrogens with one attached hydrogen (secondary N) is 1. The number of carbonyl (C=O) groups excluding carboxylic acids is 3. The van der Waals surface area contributed by atoms with Crippen molar-refractivity contribution in [2.45, 2.75) is 13.0 Å². The van der Waals surface area contributed by atoms with Gasteiger partial charge in [-0.25, -0.2) is 0 Å². The van der Waals surface area contributed by atoms with Crippen LogP contribution in [-0.2, 0) is 11.3 Å². The predicted octanol–water partition coefficient (Wildman–Crippen LogP) is 3.14. The van der Waals surface area contributed by atoms with Crippen LogP contribution in [0.5, 0.6) is 0 Å². The lowest BCUT2D eigenvalue weighted by Crippen LogP contribution is -2.42. The molecular weight excluding hydrogens is 340 g/mol. The van der Waals surface area contributed by atoms with Crippen LogP contribution < -0.4 is 5.32 Å². The summed E-state index contributed by atoms with van der Waals surface area (Å²) < 4.78 is 0. The first kappa shape index (κ1) is 17.0. The van der Waals surface area contributed by atoms with Gasteiger partial charge in [0, 0.05) is 36.0 Å². The molecule has 0 unspecified atom stereocenters. The van der Waals surface area contributed by atoms with Crippen LogP contribution in [0.3, 0.4) is 0 Å². The van der Waals surface area contributed by atoms with Crippen LogP contribution in [0.15, 0.2) is 66.7 Å². The Balaban J connectivity index is 1.46. The molecule has 0 fully saturated rings. The van der Waals surface area contributed by atoms with Crippen LogP contribution in [0.1, 0.15) is 32.7 Å². The van der Waals surface area contributed by atoms with E-state index in [9.17, 15) is 14.4 Å². The number of nitrogens with zero attached hydrogens (tertiary/aromatic N) is 1. The van der Waals surface area contributed by atoms with Gasteiger partial charge in [0.25, 0.3) is 11.8 Å². The molecule has 134 valence electrons. The van der Waals surface area contributed by atoms with Gasteiger partial charge in [0.05, 0.1) is 0 Å². The molecule has 3 aromatic rings. The number of carbonyl (C=O) groups is 3. The number of amides is 3. The summed E-state index contributed by atoms with van der Waals surface area (Å²) in [5.41, 5.74) is 2.01. The van der Waals surface area contributed by atoms with Gasteiger partial charge < -0.3 is 5.32 Å². The average molecular weight is 358 g/mol. The zero-order valence-electron chi connectivity index (χ0n) is 14.6. The maximum absolute atomic E-state index is 12.8. The quantitative estimate of drug-likeness (QED) is 0.713. The number of imide groups is 1. The van der Waals surface area contributed by atoms with Crippen LogP contribution in [0.25, 0.3) is 10.8 Å². The normalized spacial score (nSPS) is 13.1. The van der Waals surface area contributed by atoms with Crippen molar-refractivity contribution in [3.05, 3.63) is 83.4 Å².